The minimum atomic E-state index is -4.95. The number of carbonyl (C=O) groups excluding carboxylic acids is 4. The van der Waals surface area contributed by atoms with Crippen LogP contribution in [0.5, 0.6) is 0 Å². The monoisotopic (exact) mass is 1280 g/mol. The molecule has 0 saturated carbocycles. The Labute approximate surface area is 530 Å². The second-order valence-electron chi connectivity index (χ2n) is 26.0. The highest BCUT2D eigenvalue weighted by atomic mass is 31.2. The van der Waals surface area contributed by atoms with E-state index in [1.54, 1.807) is 0 Å². The van der Waals surface area contributed by atoms with E-state index in [1.165, 1.54) is 141 Å². The second-order valence-corrected chi connectivity index (χ2v) is 28.9. The fourth-order valence-corrected chi connectivity index (χ4v) is 11.8. The molecule has 0 fully saturated rings. The molecular formula is C68H132O17P2. The molecule has 17 nitrogen and oxygen atoms in total. The first-order valence-electron chi connectivity index (χ1n) is 35.3. The first-order valence-corrected chi connectivity index (χ1v) is 38.3. The lowest BCUT2D eigenvalue weighted by atomic mass is 10.0. The lowest BCUT2D eigenvalue weighted by Crippen LogP contribution is -2.30. The molecule has 0 rings (SSSR count). The quantitative estimate of drug-likeness (QED) is 0.0222. The minimum Gasteiger partial charge on any atom is -0.462 e. The molecule has 87 heavy (non-hydrogen) atoms. The zero-order chi connectivity index (χ0) is 64.5. The molecule has 0 heterocycles. The van der Waals surface area contributed by atoms with Crippen molar-refractivity contribution in [3.05, 3.63) is 0 Å². The van der Waals surface area contributed by atoms with Crippen molar-refractivity contribution in [2.45, 2.75) is 356 Å². The van der Waals surface area contributed by atoms with Crippen LogP contribution in [0.2, 0.25) is 0 Å². The van der Waals surface area contributed by atoms with Crippen LogP contribution in [0.3, 0.4) is 0 Å². The maximum atomic E-state index is 13.0. The average Bonchev–Trinajstić information content (AvgIpc) is 3.67. The van der Waals surface area contributed by atoms with Crippen molar-refractivity contribution in [2.24, 2.45) is 17.8 Å². The number of esters is 4. The van der Waals surface area contributed by atoms with Gasteiger partial charge in [-0.3, -0.25) is 37.3 Å². The van der Waals surface area contributed by atoms with E-state index in [9.17, 15) is 43.2 Å². The molecule has 2 unspecified atom stereocenters. The van der Waals surface area contributed by atoms with E-state index in [2.05, 4.69) is 48.5 Å². The third kappa shape index (κ3) is 62.6. The summed E-state index contributed by atoms with van der Waals surface area (Å²) in [6.07, 6.45) is 42.2. The predicted molar refractivity (Wildman–Crippen MR) is 349 cm³/mol. The number of carbonyl (C=O) groups is 4. The maximum absolute atomic E-state index is 13.0. The summed E-state index contributed by atoms with van der Waals surface area (Å²) in [5.41, 5.74) is 0. The van der Waals surface area contributed by atoms with Crippen molar-refractivity contribution in [1.82, 2.24) is 0 Å². The van der Waals surface area contributed by atoms with Crippen LogP contribution in [0.15, 0.2) is 0 Å². The fourth-order valence-electron chi connectivity index (χ4n) is 10.2. The van der Waals surface area contributed by atoms with Crippen molar-refractivity contribution in [2.75, 3.05) is 39.6 Å². The zero-order valence-electron chi connectivity index (χ0n) is 56.5. The third-order valence-corrected chi connectivity index (χ3v) is 17.5. The number of unbranched alkanes of at least 4 members (excludes halogenated alkanes) is 34. The van der Waals surface area contributed by atoms with Crippen LogP contribution >= 0.6 is 15.6 Å². The Balaban J connectivity index is 5.16. The molecule has 0 saturated heterocycles. The molecule has 0 spiro atoms. The third-order valence-electron chi connectivity index (χ3n) is 15.6. The van der Waals surface area contributed by atoms with Crippen molar-refractivity contribution in [3.63, 3.8) is 0 Å². The highest BCUT2D eigenvalue weighted by molar-refractivity contribution is 7.47. The van der Waals surface area contributed by atoms with Gasteiger partial charge in [0.2, 0.25) is 0 Å². The maximum Gasteiger partial charge on any atom is 0.472 e. The number of aliphatic hydroxyl groups excluding tert-OH is 1. The molecule has 0 aromatic carbocycles. The standard InChI is InChI=1S/C68H132O17P2/c1-8-9-10-32-42-49-65(70)78-55-63(84-68(73)52-45-38-31-25-28-35-41-48-61(6)7)57-82-86(74,75)80-53-62(69)54-81-87(76,77)83-58-64(85-67(72)51-44-37-30-24-20-16-12-14-18-22-27-34-40-47-60(4)5)56-79-66(71)50-43-36-29-23-19-15-11-13-17-21-26-33-39-46-59(2)3/h59-64,69H,8-58H2,1-7H3,(H,74,75)(H,76,77)/t62-,63+,64+/m0/s1. The predicted octanol–water partition coefficient (Wildman–Crippen LogP) is 19.1. The molecule has 5 atom stereocenters. The highest BCUT2D eigenvalue weighted by Gasteiger charge is 2.30. The van der Waals surface area contributed by atoms with Gasteiger partial charge >= 0.3 is 39.5 Å². The molecule has 516 valence electrons. The topological polar surface area (TPSA) is 237 Å². The van der Waals surface area contributed by atoms with Crippen LogP contribution in [0, 0.1) is 17.8 Å². The van der Waals surface area contributed by atoms with E-state index in [-0.39, 0.29) is 25.7 Å². The number of phosphoric acid groups is 2. The van der Waals surface area contributed by atoms with E-state index in [0.717, 1.165) is 108 Å². The molecule has 0 amide bonds. The minimum absolute atomic E-state index is 0.102. The van der Waals surface area contributed by atoms with Crippen molar-refractivity contribution < 1.29 is 80.2 Å². The summed E-state index contributed by atoms with van der Waals surface area (Å²) >= 11 is 0. The Bertz CT molecular complexity index is 1720. The van der Waals surface area contributed by atoms with Gasteiger partial charge in [-0.25, -0.2) is 9.13 Å². The number of hydrogen-bond donors (Lipinski definition) is 3. The van der Waals surface area contributed by atoms with Gasteiger partial charge in [-0.15, -0.1) is 0 Å². The number of aliphatic hydroxyl groups is 1. The first kappa shape index (κ1) is 85.1. The Hall–Kier alpha value is -1.94. The van der Waals surface area contributed by atoms with Crippen LogP contribution in [-0.4, -0.2) is 96.7 Å². The van der Waals surface area contributed by atoms with Gasteiger partial charge in [0.15, 0.2) is 12.2 Å². The number of rotatable bonds is 66. The van der Waals surface area contributed by atoms with Crippen LogP contribution < -0.4 is 0 Å². The molecule has 0 aliphatic carbocycles. The van der Waals surface area contributed by atoms with Gasteiger partial charge in [-0.05, 0) is 43.4 Å². The lowest BCUT2D eigenvalue weighted by Gasteiger charge is -2.21. The van der Waals surface area contributed by atoms with E-state index in [4.69, 9.17) is 37.0 Å². The highest BCUT2D eigenvalue weighted by Crippen LogP contribution is 2.45. The summed E-state index contributed by atoms with van der Waals surface area (Å²) in [7, 11) is -9.89. The van der Waals surface area contributed by atoms with E-state index < -0.39 is 97.5 Å². The summed E-state index contributed by atoms with van der Waals surface area (Å²) in [5.74, 6) is 0.132. The molecule has 0 aliphatic heterocycles. The Morgan fingerprint density at radius 1 is 0.310 bits per heavy atom. The van der Waals surface area contributed by atoms with Gasteiger partial charge in [0, 0.05) is 25.7 Å². The molecule has 19 heteroatoms. The van der Waals surface area contributed by atoms with Crippen LogP contribution in [-0.2, 0) is 65.4 Å². The van der Waals surface area contributed by atoms with Crippen LogP contribution in [0.4, 0.5) is 0 Å². The van der Waals surface area contributed by atoms with Gasteiger partial charge in [0.25, 0.3) is 0 Å². The molecular weight excluding hydrogens is 1150 g/mol. The van der Waals surface area contributed by atoms with Gasteiger partial charge in [-0.2, -0.15) is 0 Å². The van der Waals surface area contributed by atoms with Gasteiger partial charge in [0.1, 0.15) is 19.3 Å². The summed E-state index contributed by atoms with van der Waals surface area (Å²) in [6, 6.07) is 0. The van der Waals surface area contributed by atoms with Gasteiger partial charge in [0.05, 0.1) is 26.4 Å². The Morgan fingerprint density at radius 3 is 0.782 bits per heavy atom. The van der Waals surface area contributed by atoms with Gasteiger partial charge < -0.3 is 33.8 Å². The van der Waals surface area contributed by atoms with E-state index in [1.807, 2.05) is 0 Å². The second kappa shape index (κ2) is 59.1. The number of hydrogen-bond acceptors (Lipinski definition) is 15. The van der Waals surface area contributed by atoms with Crippen molar-refractivity contribution >= 4 is 39.5 Å². The summed E-state index contributed by atoms with van der Waals surface area (Å²) in [6.45, 7) is 11.7. The summed E-state index contributed by atoms with van der Waals surface area (Å²) in [5, 5.41) is 10.5. The average molecular weight is 1280 g/mol. The largest absolute Gasteiger partial charge is 0.472 e. The Kier molecular flexibility index (Phi) is 57.8. The van der Waals surface area contributed by atoms with Crippen molar-refractivity contribution in [1.29, 1.82) is 0 Å². The van der Waals surface area contributed by atoms with Crippen molar-refractivity contribution in [3.8, 4) is 0 Å². The molecule has 3 N–H and O–H groups in total. The molecule has 0 aromatic heterocycles. The molecule has 0 aromatic rings. The molecule has 0 aliphatic rings. The van der Waals surface area contributed by atoms with E-state index in [0.29, 0.717) is 31.6 Å². The fraction of sp³-hybridized carbons (Fsp3) is 0.941. The zero-order valence-corrected chi connectivity index (χ0v) is 58.3. The first-order chi connectivity index (χ1) is 41.7. The Morgan fingerprint density at radius 2 is 0.529 bits per heavy atom. The molecule has 0 radical (unpaired) electrons. The van der Waals surface area contributed by atoms with Crippen LogP contribution in [0.25, 0.3) is 0 Å². The smallest absolute Gasteiger partial charge is 0.462 e. The van der Waals surface area contributed by atoms with E-state index >= 15 is 0 Å². The lowest BCUT2D eigenvalue weighted by molar-refractivity contribution is -0.161. The van der Waals surface area contributed by atoms with Crippen LogP contribution in [0.1, 0.15) is 337 Å². The normalized spacial score (nSPS) is 14.3. The SMILES string of the molecule is CCCCCCCC(=O)OC[C@H](COP(=O)(O)OC[C@H](O)COP(=O)(O)OC[C@@H](COC(=O)CCCCCCCCCCCCCCCC(C)C)OC(=O)CCCCCCCCCCCCCCCC(C)C)OC(=O)CCCCCCCCCC(C)C. The summed E-state index contributed by atoms with van der Waals surface area (Å²) < 4.78 is 68.0. The number of ether oxygens (including phenoxy) is 4. The molecule has 0 bridgehead atoms. The van der Waals surface area contributed by atoms with Gasteiger partial charge in [-0.1, -0.05) is 286 Å². The summed E-state index contributed by atoms with van der Waals surface area (Å²) in [4.78, 5) is 72.2. The number of phosphoric ester groups is 2.